The van der Waals surface area contributed by atoms with E-state index in [4.69, 9.17) is 0 Å². The molecule has 34 heavy (non-hydrogen) atoms. The van der Waals surface area contributed by atoms with Crippen LogP contribution in [0, 0.1) is 0 Å². The lowest BCUT2D eigenvalue weighted by Gasteiger charge is -2.24. The summed E-state index contributed by atoms with van der Waals surface area (Å²) >= 11 is 0. The van der Waals surface area contributed by atoms with Gasteiger partial charge in [0.25, 0.3) is 6.10 Å². The molecule has 0 amide bonds. The predicted octanol–water partition coefficient (Wildman–Crippen LogP) is 5.74. The van der Waals surface area contributed by atoms with E-state index in [1.807, 2.05) is 0 Å². The highest BCUT2D eigenvalue weighted by Gasteiger charge is 2.73. The molecule has 0 N–H and O–H groups in total. The summed E-state index contributed by atoms with van der Waals surface area (Å²) in [6, 6.07) is 22.7. The number of alkyl halides is 6. The molecular weight excluding hydrogens is 484 g/mol. The Morgan fingerprint density at radius 3 is 1.47 bits per heavy atom. The van der Waals surface area contributed by atoms with E-state index in [1.165, 1.54) is 0 Å². The Morgan fingerprint density at radius 1 is 0.706 bits per heavy atom. The van der Waals surface area contributed by atoms with Gasteiger partial charge in [-0.15, -0.1) is 0 Å². The van der Waals surface area contributed by atoms with Gasteiger partial charge in [-0.05, 0) is 16.7 Å². The zero-order valence-electron chi connectivity index (χ0n) is 17.2. The fourth-order valence-electron chi connectivity index (χ4n) is 4.17. The maximum atomic E-state index is 13.2. The number of hydrogen-bond donors (Lipinski definition) is 0. The first-order valence-corrected chi connectivity index (χ1v) is 11.3. The van der Waals surface area contributed by atoms with Crippen molar-refractivity contribution in [3.8, 4) is 0 Å². The molecule has 1 saturated heterocycles. The van der Waals surface area contributed by atoms with E-state index in [1.54, 1.807) is 91.0 Å². The first-order chi connectivity index (χ1) is 15.9. The second kappa shape index (κ2) is 8.40. The maximum Gasteiger partial charge on any atom is 0.425 e. The Labute approximate surface area is 191 Å². The smallest absolute Gasteiger partial charge is 0.235 e. The highest BCUT2D eigenvalue weighted by molar-refractivity contribution is 7.84. The van der Waals surface area contributed by atoms with Gasteiger partial charge in [-0.25, -0.2) is 4.18 Å². The van der Waals surface area contributed by atoms with Crippen molar-refractivity contribution in [3.63, 3.8) is 0 Å². The van der Waals surface area contributed by atoms with E-state index < -0.39 is 40.3 Å². The number of rotatable bonds is 6. The van der Waals surface area contributed by atoms with Gasteiger partial charge in [0.05, 0.1) is 6.04 Å². The highest BCUT2D eigenvalue weighted by atomic mass is 32.2. The Balaban J connectivity index is 1.92. The van der Waals surface area contributed by atoms with Crippen LogP contribution in [0.25, 0.3) is 0 Å². The van der Waals surface area contributed by atoms with Crippen LogP contribution < -0.4 is 0 Å². The van der Waals surface area contributed by atoms with Gasteiger partial charge in [-0.3, -0.25) is 0 Å². The fraction of sp³-hybridized carbons (Fsp3) is 0.217. The minimum atomic E-state index is -5.99. The highest BCUT2D eigenvalue weighted by Crippen LogP contribution is 2.66. The minimum absolute atomic E-state index is 0.359. The van der Waals surface area contributed by atoms with Crippen LogP contribution in [0.1, 0.15) is 22.7 Å². The van der Waals surface area contributed by atoms with Crippen molar-refractivity contribution in [1.29, 1.82) is 0 Å². The molecule has 0 bridgehead atoms. The summed E-state index contributed by atoms with van der Waals surface area (Å²) in [5.41, 5.74) is -0.529. The molecule has 4 rings (SSSR count). The molecule has 1 aliphatic heterocycles. The van der Waals surface area contributed by atoms with Gasteiger partial charge in [0.15, 0.2) is 0 Å². The van der Waals surface area contributed by atoms with Crippen molar-refractivity contribution in [3.05, 3.63) is 108 Å². The van der Waals surface area contributed by atoms with Gasteiger partial charge in [0.1, 0.15) is 5.54 Å². The lowest BCUT2D eigenvalue weighted by molar-refractivity contribution is -0.299. The van der Waals surface area contributed by atoms with E-state index in [-0.39, 0.29) is 0 Å². The Bertz CT molecular complexity index is 1180. The van der Waals surface area contributed by atoms with Crippen molar-refractivity contribution in [1.82, 2.24) is 4.31 Å². The predicted molar refractivity (Wildman–Crippen MR) is 111 cm³/mol. The zero-order valence-corrected chi connectivity index (χ0v) is 18.0. The van der Waals surface area contributed by atoms with Crippen LogP contribution in [-0.2, 0) is 20.0 Å². The van der Waals surface area contributed by atoms with Crippen LogP contribution in [0.15, 0.2) is 91.0 Å². The van der Waals surface area contributed by atoms with Gasteiger partial charge in [0, 0.05) is 0 Å². The molecule has 2 unspecified atom stereocenters. The molecule has 1 aliphatic rings. The molecular formula is C23H17F6NO3S. The second-order valence-electron chi connectivity index (χ2n) is 7.62. The van der Waals surface area contributed by atoms with E-state index in [0.717, 1.165) is 0 Å². The third-order valence-corrected chi connectivity index (χ3v) is 6.92. The molecule has 3 aromatic carbocycles. The van der Waals surface area contributed by atoms with Crippen LogP contribution >= 0.6 is 0 Å². The Kier molecular flexibility index (Phi) is 5.99. The fourth-order valence-corrected chi connectivity index (χ4v) is 5.87. The molecule has 1 fully saturated rings. The van der Waals surface area contributed by atoms with Gasteiger partial charge in [-0.2, -0.15) is 39.1 Å². The molecule has 0 radical (unpaired) electrons. The molecule has 4 nitrogen and oxygen atoms in total. The number of hydrogen-bond acceptors (Lipinski definition) is 3. The summed E-state index contributed by atoms with van der Waals surface area (Å²) in [6.07, 6.45) is -16.5. The lowest BCUT2D eigenvalue weighted by Crippen LogP contribution is -2.46. The van der Waals surface area contributed by atoms with Gasteiger partial charge < -0.3 is 0 Å². The van der Waals surface area contributed by atoms with Crippen molar-refractivity contribution in [2.75, 3.05) is 0 Å². The molecule has 11 heteroatoms. The molecule has 2 atom stereocenters. The SMILES string of the molecule is O=S(=O)(OC(C(F)(F)F)C(F)(F)F)N1C(c2ccccc2)C1(c1ccccc1)c1ccccc1. The third kappa shape index (κ3) is 4.19. The summed E-state index contributed by atoms with van der Waals surface area (Å²) in [5.74, 6) is 0. The normalized spacial score (nSPS) is 20.3. The summed E-state index contributed by atoms with van der Waals surface area (Å²) in [7, 11) is -5.56. The van der Waals surface area contributed by atoms with Gasteiger partial charge in [0.2, 0.25) is 0 Å². The average molecular weight is 501 g/mol. The van der Waals surface area contributed by atoms with E-state index >= 15 is 0 Å². The Hall–Kier alpha value is -2.89. The van der Waals surface area contributed by atoms with Crippen molar-refractivity contribution < 1.29 is 38.9 Å². The maximum absolute atomic E-state index is 13.2. The summed E-state index contributed by atoms with van der Waals surface area (Å²) in [5, 5.41) is 0. The van der Waals surface area contributed by atoms with Crippen LogP contribution in [0.5, 0.6) is 0 Å². The van der Waals surface area contributed by atoms with Gasteiger partial charge >= 0.3 is 22.7 Å². The Morgan fingerprint density at radius 2 is 1.09 bits per heavy atom. The quantitative estimate of drug-likeness (QED) is 0.320. The molecule has 1 heterocycles. The number of halogens is 6. The zero-order chi connectivity index (χ0) is 24.8. The summed E-state index contributed by atoms with van der Waals surface area (Å²) in [4.78, 5) is 0. The lowest BCUT2D eigenvalue weighted by atomic mass is 9.85. The molecule has 0 spiro atoms. The molecule has 0 aliphatic carbocycles. The molecule has 0 saturated carbocycles. The molecule has 180 valence electrons. The minimum Gasteiger partial charge on any atom is -0.235 e. The largest absolute Gasteiger partial charge is 0.425 e. The summed E-state index contributed by atoms with van der Waals surface area (Å²) < 4.78 is 110. The first-order valence-electron chi connectivity index (χ1n) is 9.92. The third-order valence-electron chi connectivity index (χ3n) is 5.51. The number of nitrogens with zero attached hydrogens (tertiary/aromatic N) is 1. The van der Waals surface area contributed by atoms with Gasteiger partial charge in [-0.1, -0.05) is 91.0 Å². The second-order valence-corrected chi connectivity index (χ2v) is 9.07. The van der Waals surface area contributed by atoms with Crippen LogP contribution in [-0.4, -0.2) is 31.2 Å². The molecule has 0 aromatic heterocycles. The van der Waals surface area contributed by atoms with Crippen LogP contribution in [0.3, 0.4) is 0 Å². The van der Waals surface area contributed by atoms with E-state index in [0.29, 0.717) is 21.0 Å². The average Bonchev–Trinajstić information content (AvgIpc) is 3.51. The first kappa shape index (κ1) is 24.2. The standard InChI is InChI=1S/C23H17F6NO3S/c24-22(25,26)20(23(27,28)29)33-34(31,32)30-19(16-10-4-1-5-11-16)21(30,17-12-6-2-7-13-17)18-14-8-3-9-15-18/h1-15,19-20H. The monoisotopic (exact) mass is 501 g/mol. The molecule has 3 aromatic rings. The van der Waals surface area contributed by atoms with Crippen LogP contribution in [0.2, 0.25) is 0 Å². The topological polar surface area (TPSA) is 46.4 Å². The van der Waals surface area contributed by atoms with Crippen molar-refractivity contribution in [2.45, 2.75) is 30.0 Å². The summed E-state index contributed by atoms with van der Waals surface area (Å²) in [6.45, 7) is 0. The van der Waals surface area contributed by atoms with Crippen molar-refractivity contribution >= 4 is 10.3 Å². The van der Waals surface area contributed by atoms with Crippen molar-refractivity contribution in [2.24, 2.45) is 0 Å². The van der Waals surface area contributed by atoms with E-state index in [2.05, 4.69) is 4.18 Å². The van der Waals surface area contributed by atoms with E-state index in [9.17, 15) is 34.8 Å². The van der Waals surface area contributed by atoms with Crippen LogP contribution in [0.4, 0.5) is 26.3 Å². The number of benzene rings is 3.